The van der Waals surface area contributed by atoms with Crippen molar-refractivity contribution in [3.8, 4) is 0 Å². The van der Waals surface area contributed by atoms with E-state index in [1.807, 2.05) is 67.8 Å². The molecule has 30 heavy (non-hydrogen) atoms. The van der Waals surface area contributed by atoms with Gasteiger partial charge in [-0.05, 0) is 54.4 Å². The van der Waals surface area contributed by atoms with Crippen LogP contribution in [0.1, 0.15) is 11.1 Å². The van der Waals surface area contributed by atoms with Gasteiger partial charge in [-0.3, -0.25) is 0 Å². The second-order valence-electron chi connectivity index (χ2n) is 7.29. The number of rotatable bonds is 4. The van der Waals surface area contributed by atoms with Gasteiger partial charge in [-0.1, -0.05) is 24.3 Å². The molecule has 2 aromatic carbocycles. The largest absolute Gasteiger partial charge is 0.346 e. The fourth-order valence-corrected chi connectivity index (χ4v) is 3.79. The zero-order valence-electron chi connectivity index (χ0n) is 16.5. The van der Waals surface area contributed by atoms with Crippen LogP contribution in [-0.4, -0.2) is 20.6 Å². The van der Waals surface area contributed by atoms with E-state index in [-0.39, 0.29) is 6.03 Å². The Hall–Kier alpha value is -4.06. The summed E-state index contributed by atoms with van der Waals surface area (Å²) < 4.78 is 2.18. The number of aromatic nitrogens is 3. The van der Waals surface area contributed by atoms with Crippen molar-refractivity contribution in [1.29, 1.82) is 0 Å². The van der Waals surface area contributed by atoms with Gasteiger partial charge in [-0.15, -0.1) is 0 Å². The summed E-state index contributed by atoms with van der Waals surface area (Å²) in [5.74, 6) is 0. The second-order valence-corrected chi connectivity index (χ2v) is 7.29. The van der Waals surface area contributed by atoms with Gasteiger partial charge in [0.2, 0.25) is 0 Å². The molecule has 0 aliphatic rings. The molecule has 3 aromatic heterocycles. The number of nitrogens with one attached hydrogen (secondary N) is 3. The van der Waals surface area contributed by atoms with Gasteiger partial charge in [-0.25, -0.2) is 9.78 Å². The van der Waals surface area contributed by atoms with E-state index in [2.05, 4.69) is 37.3 Å². The molecule has 5 rings (SSSR count). The Morgan fingerprint density at radius 1 is 0.967 bits per heavy atom. The molecule has 0 aliphatic heterocycles. The highest BCUT2D eigenvalue weighted by atomic mass is 16.2. The summed E-state index contributed by atoms with van der Waals surface area (Å²) in [5, 5.41) is 8.01. The third kappa shape index (κ3) is 3.28. The summed E-state index contributed by atoms with van der Waals surface area (Å²) in [4.78, 5) is 20.1. The highest BCUT2D eigenvalue weighted by molar-refractivity contribution is 6.06. The lowest BCUT2D eigenvalue weighted by atomic mass is 10.2. The lowest BCUT2D eigenvalue weighted by Gasteiger charge is -2.11. The molecule has 0 unspecified atom stereocenters. The number of carbonyl (C=O) groups is 1. The molecule has 148 valence electrons. The Morgan fingerprint density at radius 3 is 2.70 bits per heavy atom. The number of hydrogen-bond donors (Lipinski definition) is 3. The minimum atomic E-state index is -0.257. The number of hydrogen-bond acceptors (Lipinski definition) is 2. The zero-order chi connectivity index (χ0) is 20.5. The molecule has 2 amide bonds. The molecule has 0 aliphatic carbocycles. The maximum absolute atomic E-state index is 12.5. The number of fused-ring (bicyclic) bond motifs is 2. The van der Waals surface area contributed by atoms with Crippen LogP contribution in [-0.2, 0) is 6.54 Å². The molecule has 0 spiro atoms. The predicted octanol–water partition coefficient (Wildman–Crippen LogP) is 5.52. The maximum atomic E-state index is 12.5. The summed E-state index contributed by atoms with van der Waals surface area (Å²) in [7, 11) is 0. The van der Waals surface area contributed by atoms with Gasteiger partial charge < -0.3 is 20.2 Å². The molecule has 0 fully saturated rings. The third-order valence-corrected chi connectivity index (χ3v) is 5.33. The SMILES string of the molecule is Cc1ccccc1NC(=O)Nc1cccc2c1ccn2Cc1c[nH]c2ncccc12. The number of urea groups is 1. The van der Waals surface area contributed by atoms with E-state index < -0.39 is 0 Å². The molecule has 6 nitrogen and oxygen atoms in total. The number of amides is 2. The minimum absolute atomic E-state index is 0.257. The maximum Gasteiger partial charge on any atom is 0.323 e. The lowest BCUT2D eigenvalue weighted by Crippen LogP contribution is -2.20. The lowest BCUT2D eigenvalue weighted by molar-refractivity contribution is 0.262. The van der Waals surface area contributed by atoms with Gasteiger partial charge in [0.25, 0.3) is 0 Å². The summed E-state index contributed by atoms with van der Waals surface area (Å²) in [6.45, 7) is 2.69. The molecule has 0 radical (unpaired) electrons. The number of para-hydroxylation sites is 1. The summed E-state index contributed by atoms with van der Waals surface area (Å²) in [6, 6.07) is 19.4. The van der Waals surface area contributed by atoms with Crippen LogP contribution in [0.25, 0.3) is 21.9 Å². The highest BCUT2D eigenvalue weighted by Crippen LogP contribution is 2.27. The van der Waals surface area contributed by atoms with Gasteiger partial charge in [0, 0.05) is 41.6 Å². The number of H-pyrrole nitrogens is 1. The fourth-order valence-electron chi connectivity index (χ4n) is 3.79. The third-order valence-electron chi connectivity index (χ3n) is 5.33. The Kier molecular flexibility index (Phi) is 4.44. The van der Waals surface area contributed by atoms with E-state index in [9.17, 15) is 4.79 Å². The van der Waals surface area contributed by atoms with E-state index in [1.54, 1.807) is 6.20 Å². The van der Waals surface area contributed by atoms with Crippen molar-refractivity contribution >= 4 is 39.3 Å². The van der Waals surface area contributed by atoms with Gasteiger partial charge in [-0.2, -0.15) is 0 Å². The molecular formula is C24H21N5O. The zero-order valence-corrected chi connectivity index (χ0v) is 16.5. The van der Waals surface area contributed by atoms with E-state index in [0.717, 1.165) is 38.9 Å². The van der Waals surface area contributed by atoms with Crippen LogP contribution in [0.15, 0.2) is 79.3 Å². The minimum Gasteiger partial charge on any atom is -0.346 e. The van der Waals surface area contributed by atoms with Crippen LogP contribution in [0.3, 0.4) is 0 Å². The number of carbonyl (C=O) groups excluding carboxylic acids is 1. The van der Waals surface area contributed by atoms with Crippen LogP contribution in [0.5, 0.6) is 0 Å². The Morgan fingerprint density at radius 2 is 1.80 bits per heavy atom. The van der Waals surface area contributed by atoms with Gasteiger partial charge >= 0.3 is 6.03 Å². The molecule has 0 bridgehead atoms. The number of nitrogens with zero attached hydrogens (tertiary/aromatic N) is 2. The Balaban J connectivity index is 1.41. The van der Waals surface area contributed by atoms with E-state index >= 15 is 0 Å². The molecule has 0 saturated carbocycles. The van der Waals surface area contributed by atoms with Crippen LogP contribution in [0.2, 0.25) is 0 Å². The topological polar surface area (TPSA) is 74.7 Å². The first-order valence-electron chi connectivity index (χ1n) is 9.81. The summed E-state index contributed by atoms with van der Waals surface area (Å²) in [5.41, 5.74) is 5.71. The van der Waals surface area contributed by atoms with Crippen molar-refractivity contribution in [2.24, 2.45) is 0 Å². The number of anilines is 2. The predicted molar refractivity (Wildman–Crippen MR) is 121 cm³/mol. The quantitative estimate of drug-likeness (QED) is 0.375. The van der Waals surface area contributed by atoms with Crippen LogP contribution in [0, 0.1) is 6.92 Å². The van der Waals surface area contributed by atoms with E-state index in [4.69, 9.17) is 0 Å². The molecule has 0 saturated heterocycles. The van der Waals surface area contributed by atoms with Crippen molar-refractivity contribution < 1.29 is 4.79 Å². The smallest absolute Gasteiger partial charge is 0.323 e. The molecular weight excluding hydrogens is 374 g/mol. The first kappa shape index (κ1) is 18.0. The average Bonchev–Trinajstić information content (AvgIpc) is 3.35. The van der Waals surface area contributed by atoms with Gasteiger partial charge in [0.1, 0.15) is 5.65 Å². The molecule has 5 aromatic rings. The standard InChI is InChI=1S/C24H21N5O/c1-16-6-2-3-8-20(16)27-24(30)28-21-9-4-10-22-19(21)11-13-29(22)15-17-14-26-23-18(17)7-5-12-25-23/h2-14H,15H2,1H3,(H,25,26)(H2,27,28,30). The number of aromatic amines is 1. The van der Waals surface area contributed by atoms with Crippen molar-refractivity contribution in [3.63, 3.8) is 0 Å². The van der Waals surface area contributed by atoms with Crippen molar-refractivity contribution in [2.75, 3.05) is 10.6 Å². The van der Waals surface area contributed by atoms with Crippen molar-refractivity contribution in [2.45, 2.75) is 13.5 Å². The number of benzene rings is 2. The van der Waals surface area contributed by atoms with Crippen LogP contribution >= 0.6 is 0 Å². The first-order chi connectivity index (χ1) is 14.7. The molecule has 6 heteroatoms. The first-order valence-corrected chi connectivity index (χ1v) is 9.81. The normalized spacial score (nSPS) is 11.1. The average molecular weight is 395 g/mol. The second kappa shape index (κ2) is 7.40. The van der Waals surface area contributed by atoms with Crippen molar-refractivity contribution in [3.05, 3.63) is 90.4 Å². The monoisotopic (exact) mass is 395 g/mol. The van der Waals surface area contributed by atoms with Crippen molar-refractivity contribution in [1.82, 2.24) is 14.5 Å². The Bertz CT molecular complexity index is 1360. The van der Waals surface area contributed by atoms with E-state index in [0.29, 0.717) is 6.54 Å². The molecule has 3 N–H and O–H groups in total. The number of pyridine rings is 1. The summed E-state index contributed by atoms with van der Waals surface area (Å²) >= 11 is 0. The highest BCUT2D eigenvalue weighted by Gasteiger charge is 2.11. The molecule has 0 atom stereocenters. The van der Waals surface area contributed by atoms with Gasteiger partial charge in [0.15, 0.2) is 0 Å². The molecule has 3 heterocycles. The van der Waals surface area contributed by atoms with Crippen LogP contribution in [0.4, 0.5) is 16.2 Å². The summed E-state index contributed by atoms with van der Waals surface area (Å²) in [6.07, 6.45) is 5.83. The van der Waals surface area contributed by atoms with Crippen LogP contribution < -0.4 is 10.6 Å². The van der Waals surface area contributed by atoms with Gasteiger partial charge in [0.05, 0.1) is 11.2 Å². The fraction of sp³-hybridized carbons (Fsp3) is 0.0833. The Labute approximate surface area is 173 Å². The van der Waals surface area contributed by atoms with E-state index in [1.165, 1.54) is 5.56 Å². The number of aryl methyl sites for hydroxylation is 1.